The maximum Gasteiger partial charge on any atom is 0.408 e. The van der Waals surface area contributed by atoms with Gasteiger partial charge in [-0.25, -0.2) is 4.79 Å². The molecule has 1 aliphatic carbocycles. The molecule has 1 aliphatic heterocycles. The summed E-state index contributed by atoms with van der Waals surface area (Å²) in [6, 6.07) is 4.73. The number of fused-ring (bicyclic) bond motifs is 1. The summed E-state index contributed by atoms with van der Waals surface area (Å²) in [7, 11) is 0. The Hall–Kier alpha value is -4.06. The van der Waals surface area contributed by atoms with Gasteiger partial charge in [-0.1, -0.05) is 45.4 Å². The molecule has 1 aromatic carbocycles. The second-order valence-corrected chi connectivity index (χ2v) is 13.5. The van der Waals surface area contributed by atoms with Crippen molar-refractivity contribution in [2.24, 2.45) is 10.6 Å². The van der Waals surface area contributed by atoms with Gasteiger partial charge in [0, 0.05) is 28.2 Å². The van der Waals surface area contributed by atoms with E-state index in [0.717, 1.165) is 25.7 Å². The number of halogens is 1. The van der Waals surface area contributed by atoms with Gasteiger partial charge in [0.25, 0.3) is 0 Å². The molecule has 0 spiro atoms. The van der Waals surface area contributed by atoms with E-state index < -0.39 is 53.0 Å². The molecule has 2 fully saturated rings. The first-order valence-electron chi connectivity index (χ1n) is 15.6. The molecule has 4 amide bonds. The van der Waals surface area contributed by atoms with E-state index >= 15 is 0 Å². The second-order valence-electron chi connectivity index (χ2n) is 13.0. The molecular weight excluding hydrogens is 614 g/mol. The largest absolute Gasteiger partial charge is 0.488 e. The number of hydrogen-bond donors (Lipinski definition) is 2. The predicted molar refractivity (Wildman–Crippen MR) is 173 cm³/mol. The molecular formula is C33H42ClN5O7. The average molecular weight is 656 g/mol. The van der Waals surface area contributed by atoms with Gasteiger partial charge in [0.15, 0.2) is 0 Å². The molecule has 4 rings (SSSR count). The van der Waals surface area contributed by atoms with Gasteiger partial charge >= 0.3 is 12.0 Å². The van der Waals surface area contributed by atoms with Gasteiger partial charge in [0.1, 0.15) is 35.6 Å². The molecule has 12 nitrogen and oxygen atoms in total. The summed E-state index contributed by atoms with van der Waals surface area (Å²) in [5.41, 5.74) is -1.78. The van der Waals surface area contributed by atoms with Crippen molar-refractivity contribution in [1.82, 2.24) is 20.5 Å². The minimum atomic E-state index is -1.62. The van der Waals surface area contributed by atoms with Gasteiger partial charge in [-0.15, -0.1) is 11.5 Å². The summed E-state index contributed by atoms with van der Waals surface area (Å²) in [6.07, 6.45) is 5.02. The number of pyridine rings is 1. The molecule has 2 N–H and O–H groups in total. The molecule has 1 saturated heterocycles. The Morgan fingerprint density at radius 1 is 1.17 bits per heavy atom. The highest BCUT2D eigenvalue weighted by atomic mass is 35.5. The number of nitroso groups, excluding NO2 is 1. The number of ether oxygens (including phenoxy) is 2. The molecule has 1 unspecified atom stereocenters. The van der Waals surface area contributed by atoms with Gasteiger partial charge in [0.05, 0.1) is 12.1 Å². The van der Waals surface area contributed by atoms with Gasteiger partial charge in [0.2, 0.25) is 11.8 Å². The van der Waals surface area contributed by atoms with Crippen LogP contribution >= 0.6 is 11.6 Å². The molecule has 13 heteroatoms. The second kappa shape index (κ2) is 14.6. The van der Waals surface area contributed by atoms with E-state index in [2.05, 4.69) is 27.4 Å². The van der Waals surface area contributed by atoms with Crippen molar-refractivity contribution in [3.63, 3.8) is 0 Å². The van der Waals surface area contributed by atoms with E-state index in [-0.39, 0.29) is 31.9 Å². The Kier molecular flexibility index (Phi) is 11.0. The van der Waals surface area contributed by atoms with E-state index in [1.165, 1.54) is 11.0 Å². The number of aromatic nitrogens is 1. The van der Waals surface area contributed by atoms with Crippen LogP contribution in [0.25, 0.3) is 10.9 Å². The summed E-state index contributed by atoms with van der Waals surface area (Å²) in [5.74, 6) is -1.73. The number of carbonyl (C=O) groups is 4. The predicted octanol–water partition coefficient (Wildman–Crippen LogP) is 5.45. The van der Waals surface area contributed by atoms with Crippen molar-refractivity contribution in [3.8, 4) is 5.75 Å². The summed E-state index contributed by atoms with van der Waals surface area (Å²) in [4.78, 5) is 70.9. The van der Waals surface area contributed by atoms with Crippen LogP contribution in [0, 0.1) is 10.3 Å². The summed E-state index contributed by atoms with van der Waals surface area (Å²) < 4.78 is 12.0. The molecule has 0 radical (unpaired) electrons. The van der Waals surface area contributed by atoms with Crippen LogP contribution in [0.3, 0.4) is 0 Å². The molecule has 4 atom stereocenters. The SMILES string of the molecule is C=CC[C@@](CC)(NC(=O)C1C[C@@H](Oc2ccnc3cc(Cl)ccc23)CN1C(=O)[C@@H](NC(=O)OC1CCCC1)C(C)(C)C)C(=O)N=O. The smallest absolute Gasteiger partial charge is 0.408 e. The number of nitrogens with one attached hydrogen (secondary N) is 2. The Bertz CT molecular complexity index is 1490. The number of hydrogen-bond acceptors (Lipinski definition) is 8. The summed E-state index contributed by atoms with van der Waals surface area (Å²) >= 11 is 6.15. The lowest BCUT2D eigenvalue weighted by atomic mass is 9.85. The monoisotopic (exact) mass is 655 g/mol. The van der Waals surface area contributed by atoms with E-state index in [4.69, 9.17) is 21.1 Å². The van der Waals surface area contributed by atoms with Crippen LogP contribution in [0.2, 0.25) is 5.02 Å². The fourth-order valence-corrected chi connectivity index (χ4v) is 6.27. The fourth-order valence-electron chi connectivity index (χ4n) is 6.10. The third kappa shape index (κ3) is 7.83. The zero-order chi connectivity index (χ0) is 33.6. The molecule has 2 aliphatic rings. The van der Waals surface area contributed by atoms with Crippen molar-refractivity contribution < 1.29 is 28.7 Å². The minimum absolute atomic E-state index is 0.000713. The number of carbonyl (C=O) groups excluding carboxylic acids is 4. The molecule has 248 valence electrons. The fraction of sp³-hybridized carbons (Fsp3) is 0.545. The first kappa shape index (κ1) is 34.8. The van der Waals surface area contributed by atoms with Crippen LogP contribution in [0.4, 0.5) is 4.79 Å². The first-order chi connectivity index (χ1) is 21.8. The van der Waals surface area contributed by atoms with Crippen LogP contribution in [-0.4, -0.2) is 70.1 Å². The Morgan fingerprint density at radius 3 is 2.52 bits per heavy atom. The lowest BCUT2D eigenvalue weighted by Gasteiger charge is -2.36. The first-order valence-corrected chi connectivity index (χ1v) is 16.0. The number of nitrogens with zero attached hydrogens (tertiary/aromatic N) is 3. The lowest BCUT2D eigenvalue weighted by molar-refractivity contribution is -0.143. The number of rotatable bonds is 11. The molecule has 1 aromatic heterocycles. The highest BCUT2D eigenvalue weighted by Crippen LogP contribution is 2.32. The Balaban J connectivity index is 1.65. The molecule has 1 saturated carbocycles. The van der Waals surface area contributed by atoms with Gasteiger partial charge in [-0.2, -0.15) is 0 Å². The highest BCUT2D eigenvalue weighted by Gasteiger charge is 2.48. The van der Waals surface area contributed by atoms with Crippen molar-refractivity contribution in [1.29, 1.82) is 0 Å². The van der Waals surface area contributed by atoms with E-state index in [0.29, 0.717) is 21.7 Å². The van der Waals surface area contributed by atoms with Crippen LogP contribution < -0.4 is 15.4 Å². The standard InChI is InChI=1S/C33H42ClN5O7/c1-6-15-33(7-2,30(42)38-44)37-28(40)25-18-22(45-26-14-16-35-24-17-20(34)12-13-23(24)26)19-39(25)29(41)27(32(3,4)5)36-31(43)46-21-10-8-9-11-21/h6,12-14,16-17,21-22,25,27H,1,7-11,15,18-19H2,2-5H3,(H,36,43)(H,37,40)/t22-,25?,27-,33-/m1/s1. The van der Waals surface area contributed by atoms with Crippen LogP contribution in [0.5, 0.6) is 5.75 Å². The average Bonchev–Trinajstić information content (AvgIpc) is 3.68. The molecule has 0 bridgehead atoms. The third-order valence-corrected chi connectivity index (χ3v) is 8.94. The molecule has 46 heavy (non-hydrogen) atoms. The summed E-state index contributed by atoms with van der Waals surface area (Å²) in [6.45, 7) is 10.7. The molecule has 2 aromatic rings. The maximum atomic E-state index is 14.3. The van der Waals surface area contributed by atoms with Gasteiger partial charge < -0.3 is 25.0 Å². The number of amides is 4. The van der Waals surface area contributed by atoms with Crippen molar-refractivity contribution in [2.75, 3.05) is 6.54 Å². The summed E-state index contributed by atoms with van der Waals surface area (Å²) in [5, 5.41) is 9.26. The van der Waals surface area contributed by atoms with Crippen molar-refractivity contribution in [2.45, 2.75) is 102 Å². The van der Waals surface area contributed by atoms with E-state index in [9.17, 15) is 24.1 Å². The Labute approximate surface area is 273 Å². The van der Waals surface area contributed by atoms with Crippen LogP contribution in [0.15, 0.2) is 48.3 Å². The van der Waals surface area contributed by atoms with Crippen molar-refractivity contribution in [3.05, 3.63) is 53.0 Å². The van der Waals surface area contributed by atoms with Crippen LogP contribution in [0.1, 0.15) is 72.6 Å². The maximum absolute atomic E-state index is 14.3. The number of alkyl carbamates (subject to hydrolysis) is 1. The lowest BCUT2D eigenvalue weighted by Crippen LogP contribution is -2.61. The van der Waals surface area contributed by atoms with Crippen LogP contribution in [-0.2, 0) is 19.1 Å². The zero-order valence-electron chi connectivity index (χ0n) is 26.7. The normalized spacial score (nSPS) is 20.4. The number of likely N-dealkylation sites (tertiary alicyclic amines) is 1. The van der Waals surface area contributed by atoms with Gasteiger partial charge in [-0.05, 0) is 68.2 Å². The van der Waals surface area contributed by atoms with Gasteiger partial charge in [-0.3, -0.25) is 19.4 Å². The topological polar surface area (TPSA) is 156 Å². The van der Waals surface area contributed by atoms with E-state index in [1.54, 1.807) is 58.2 Å². The van der Waals surface area contributed by atoms with Crippen molar-refractivity contribution >= 4 is 46.3 Å². The quantitative estimate of drug-likeness (QED) is 0.239. The molecule has 2 heterocycles. The Morgan fingerprint density at radius 2 is 1.89 bits per heavy atom. The minimum Gasteiger partial charge on any atom is -0.488 e. The number of benzene rings is 1. The zero-order valence-corrected chi connectivity index (χ0v) is 27.5. The van der Waals surface area contributed by atoms with E-state index in [1.807, 2.05) is 0 Å². The highest BCUT2D eigenvalue weighted by molar-refractivity contribution is 6.31. The third-order valence-electron chi connectivity index (χ3n) is 8.71.